The summed E-state index contributed by atoms with van der Waals surface area (Å²) in [6.07, 6.45) is 1.91. The van der Waals surface area contributed by atoms with E-state index in [2.05, 4.69) is 9.88 Å². The highest BCUT2D eigenvalue weighted by Crippen LogP contribution is 2.26. The van der Waals surface area contributed by atoms with Crippen LogP contribution in [-0.4, -0.2) is 12.0 Å². The third kappa shape index (κ3) is 2.31. The number of aromatic amines is 1. The molecule has 1 heterocycles. The van der Waals surface area contributed by atoms with Gasteiger partial charge in [-0.1, -0.05) is 11.6 Å². The second-order valence-electron chi connectivity index (χ2n) is 3.75. The van der Waals surface area contributed by atoms with E-state index < -0.39 is 0 Å². The maximum Gasteiger partial charge on any atom is 0.0615 e. The summed E-state index contributed by atoms with van der Waals surface area (Å²) in [6.45, 7) is 0.775. The minimum absolute atomic E-state index is 0.697. The van der Waals surface area contributed by atoms with Crippen LogP contribution in [0.4, 0.5) is 11.4 Å². The summed E-state index contributed by atoms with van der Waals surface area (Å²) in [7, 11) is 1.99. The molecule has 0 aliphatic heterocycles. The van der Waals surface area contributed by atoms with Gasteiger partial charge in [0, 0.05) is 24.0 Å². The molecule has 0 saturated heterocycles. The van der Waals surface area contributed by atoms with E-state index in [1.54, 1.807) is 6.07 Å². The van der Waals surface area contributed by atoms with Gasteiger partial charge in [-0.05, 0) is 30.3 Å². The van der Waals surface area contributed by atoms with Crippen molar-refractivity contribution in [2.24, 2.45) is 0 Å². The van der Waals surface area contributed by atoms with Crippen LogP contribution in [0.5, 0.6) is 0 Å². The van der Waals surface area contributed by atoms with Gasteiger partial charge in [-0.15, -0.1) is 0 Å². The van der Waals surface area contributed by atoms with Crippen LogP contribution in [0.25, 0.3) is 0 Å². The number of nitrogens with one attached hydrogen (secondary N) is 1. The van der Waals surface area contributed by atoms with E-state index in [1.165, 1.54) is 0 Å². The molecule has 16 heavy (non-hydrogen) atoms. The number of H-pyrrole nitrogens is 1. The number of nitrogens with two attached hydrogens (primary N) is 1. The SMILES string of the molecule is CN(Cc1ccc[nH]1)c1cc(Cl)ccc1N. The van der Waals surface area contributed by atoms with Crippen molar-refractivity contribution in [2.45, 2.75) is 6.54 Å². The Morgan fingerprint density at radius 3 is 2.88 bits per heavy atom. The Bertz CT molecular complexity index is 465. The van der Waals surface area contributed by atoms with Crippen LogP contribution in [0.3, 0.4) is 0 Å². The molecule has 0 spiro atoms. The van der Waals surface area contributed by atoms with Crippen LogP contribution in [0.1, 0.15) is 5.69 Å². The van der Waals surface area contributed by atoms with Crippen LogP contribution in [0, 0.1) is 0 Å². The number of nitrogen functional groups attached to an aromatic ring is 1. The number of anilines is 2. The second-order valence-corrected chi connectivity index (χ2v) is 4.19. The van der Waals surface area contributed by atoms with Gasteiger partial charge in [-0.25, -0.2) is 0 Å². The zero-order valence-corrected chi connectivity index (χ0v) is 9.83. The smallest absolute Gasteiger partial charge is 0.0615 e. The monoisotopic (exact) mass is 235 g/mol. The van der Waals surface area contributed by atoms with Crippen molar-refractivity contribution in [1.29, 1.82) is 0 Å². The number of halogens is 1. The Balaban J connectivity index is 2.20. The Morgan fingerprint density at radius 1 is 1.38 bits per heavy atom. The first-order valence-corrected chi connectivity index (χ1v) is 5.43. The van der Waals surface area contributed by atoms with Crippen molar-refractivity contribution in [3.63, 3.8) is 0 Å². The summed E-state index contributed by atoms with van der Waals surface area (Å²) < 4.78 is 0. The van der Waals surface area contributed by atoms with E-state index in [0.29, 0.717) is 5.02 Å². The Hall–Kier alpha value is -1.61. The van der Waals surface area contributed by atoms with Gasteiger partial charge in [0.2, 0.25) is 0 Å². The molecule has 1 aromatic carbocycles. The van der Waals surface area contributed by atoms with Gasteiger partial charge in [0.1, 0.15) is 0 Å². The molecule has 3 nitrogen and oxygen atoms in total. The molecule has 1 aromatic heterocycles. The van der Waals surface area contributed by atoms with E-state index in [9.17, 15) is 0 Å². The number of hydrogen-bond donors (Lipinski definition) is 2. The number of hydrogen-bond acceptors (Lipinski definition) is 2. The van der Waals surface area contributed by atoms with Crippen LogP contribution in [0.2, 0.25) is 5.02 Å². The summed E-state index contributed by atoms with van der Waals surface area (Å²) in [6, 6.07) is 9.51. The van der Waals surface area contributed by atoms with Gasteiger partial charge in [-0.3, -0.25) is 0 Å². The van der Waals surface area contributed by atoms with Crippen molar-refractivity contribution in [3.05, 3.63) is 47.2 Å². The lowest BCUT2D eigenvalue weighted by Gasteiger charge is -2.20. The van der Waals surface area contributed by atoms with Crippen molar-refractivity contribution in [3.8, 4) is 0 Å². The quantitative estimate of drug-likeness (QED) is 0.804. The van der Waals surface area contributed by atoms with Gasteiger partial charge in [0.05, 0.1) is 17.9 Å². The molecule has 0 amide bonds. The molecule has 2 aromatic rings. The highest BCUT2D eigenvalue weighted by Gasteiger charge is 2.06. The molecule has 0 unspecified atom stereocenters. The third-order valence-electron chi connectivity index (χ3n) is 2.47. The summed E-state index contributed by atoms with van der Waals surface area (Å²) in [5.41, 5.74) is 8.73. The average molecular weight is 236 g/mol. The highest BCUT2D eigenvalue weighted by atomic mass is 35.5. The fourth-order valence-electron chi connectivity index (χ4n) is 1.65. The zero-order chi connectivity index (χ0) is 11.5. The summed E-state index contributed by atoms with van der Waals surface area (Å²) in [5, 5.41) is 0.697. The first-order valence-electron chi connectivity index (χ1n) is 5.05. The predicted molar refractivity (Wildman–Crippen MR) is 68.8 cm³/mol. The van der Waals surface area contributed by atoms with Crippen molar-refractivity contribution < 1.29 is 0 Å². The van der Waals surface area contributed by atoms with E-state index in [0.717, 1.165) is 23.6 Å². The molecule has 2 rings (SSSR count). The van der Waals surface area contributed by atoms with Gasteiger partial charge in [-0.2, -0.15) is 0 Å². The summed E-state index contributed by atoms with van der Waals surface area (Å²) in [5.74, 6) is 0. The molecule has 3 N–H and O–H groups in total. The molecule has 0 radical (unpaired) electrons. The fourth-order valence-corrected chi connectivity index (χ4v) is 1.82. The van der Waals surface area contributed by atoms with Gasteiger partial charge in [0.25, 0.3) is 0 Å². The molecule has 0 bridgehead atoms. The largest absolute Gasteiger partial charge is 0.397 e. The van der Waals surface area contributed by atoms with Crippen molar-refractivity contribution in [2.75, 3.05) is 17.7 Å². The first kappa shape index (κ1) is 10.9. The Kier molecular flexibility index (Phi) is 3.06. The molecule has 84 valence electrons. The van der Waals surface area contributed by atoms with E-state index >= 15 is 0 Å². The van der Waals surface area contributed by atoms with Crippen molar-refractivity contribution >= 4 is 23.0 Å². The maximum absolute atomic E-state index is 5.95. The van der Waals surface area contributed by atoms with Crippen LogP contribution < -0.4 is 10.6 Å². The molecule has 0 fully saturated rings. The molecule has 0 atom stereocenters. The minimum Gasteiger partial charge on any atom is -0.397 e. The van der Waals surface area contributed by atoms with E-state index in [1.807, 2.05) is 37.5 Å². The lowest BCUT2D eigenvalue weighted by atomic mass is 10.2. The number of rotatable bonds is 3. The fraction of sp³-hybridized carbons (Fsp3) is 0.167. The molecular formula is C12H14ClN3. The van der Waals surface area contributed by atoms with Gasteiger partial charge >= 0.3 is 0 Å². The van der Waals surface area contributed by atoms with Crippen molar-refractivity contribution in [1.82, 2.24) is 4.98 Å². The first-order chi connectivity index (χ1) is 7.66. The second kappa shape index (κ2) is 4.49. The lowest BCUT2D eigenvalue weighted by molar-refractivity contribution is 0.896. The molecule has 4 heteroatoms. The molecule has 0 saturated carbocycles. The summed E-state index contributed by atoms with van der Waals surface area (Å²) >= 11 is 5.95. The van der Waals surface area contributed by atoms with E-state index in [-0.39, 0.29) is 0 Å². The third-order valence-corrected chi connectivity index (χ3v) is 2.71. The Labute approximate surface area is 99.8 Å². The lowest BCUT2D eigenvalue weighted by Crippen LogP contribution is -2.17. The number of nitrogens with zero attached hydrogens (tertiary/aromatic N) is 1. The molecule has 0 aliphatic rings. The molecular weight excluding hydrogens is 222 g/mol. The highest BCUT2D eigenvalue weighted by molar-refractivity contribution is 6.31. The van der Waals surface area contributed by atoms with Gasteiger partial charge in [0.15, 0.2) is 0 Å². The zero-order valence-electron chi connectivity index (χ0n) is 9.07. The normalized spacial score (nSPS) is 10.4. The predicted octanol–water partition coefficient (Wildman–Crippen LogP) is 2.89. The standard InChI is InChI=1S/C12H14ClN3/c1-16(8-10-3-2-6-15-10)12-7-9(13)4-5-11(12)14/h2-7,15H,8,14H2,1H3. The van der Waals surface area contributed by atoms with Crippen LogP contribution in [-0.2, 0) is 6.54 Å². The average Bonchev–Trinajstić information content (AvgIpc) is 2.74. The Morgan fingerprint density at radius 2 is 2.19 bits per heavy atom. The summed E-state index contributed by atoms with van der Waals surface area (Å²) in [4.78, 5) is 5.22. The number of benzene rings is 1. The molecule has 0 aliphatic carbocycles. The van der Waals surface area contributed by atoms with Gasteiger partial charge < -0.3 is 15.6 Å². The topological polar surface area (TPSA) is 45.0 Å². The minimum atomic E-state index is 0.697. The number of aromatic nitrogens is 1. The van der Waals surface area contributed by atoms with Crippen LogP contribution >= 0.6 is 11.6 Å². The maximum atomic E-state index is 5.95. The van der Waals surface area contributed by atoms with E-state index in [4.69, 9.17) is 17.3 Å². The van der Waals surface area contributed by atoms with Crippen LogP contribution in [0.15, 0.2) is 36.5 Å².